The topological polar surface area (TPSA) is 58.6 Å². The minimum Gasteiger partial charge on any atom is -0.494 e. The van der Waals surface area contributed by atoms with Crippen LogP contribution in [0.5, 0.6) is 5.75 Å². The number of nitrogens with one attached hydrogen (secondary N) is 1. The summed E-state index contributed by atoms with van der Waals surface area (Å²) >= 11 is 12.3. The van der Waals surface area contributed by atoms with E-state index in [0.717, 1.165) is 22.4 Å². The van der Waals surface area contributed by atoms with E-state index >= 15 is 0 Å². The van der Waals surface area contributed by atoms with Crippen molar-refractivity contribution in [2.45, 2.75) is 45.7 Å². The smallest absolute Gasteiger partial charge is 0.243 e. The minimum absolute atomic E-state index is 0.124. The summed E-state index contributed by atoms with van der Waals surface area (Å²) < 4.78 is 5.80. The predicted molar refractivity (Wildman–Crippen MR) is 146 cm³/mol. The highest BCUT2D eigenvalue weighted by Crippen LogP contribution is 2.24. The van der Waals surface area contributed by atoms with Crippen LogP contribution in [0.3, 0.4) is 0 Å². The van der Waals surface area contributed by atoms with Gasteiger partial charge in [0.2, 0.25) is 11.8 Å². The Morgan fingerprint density at radius 1 is 0.944 bits per heavy atom. The zero-order valence-electron chi connectivity index (χ0n) is 20.7. The minimum atomic E-state index is -0.674. The van der Waals surface area contributed by atoms with Crippen LogP contribution in [-0.2, 0) is 22.6 Å². The maximum atomic E-state index is 13.5. The molecule has 0 bridgehead atoms. The normalized spacial score (nSPS) is 11.6. The number of carbonyl (C=O) groups is 2. The molecule has 0 aliphatic heterocycles. The van der Waals surface area contributed by atoms with Gasteiger partial charge in [0.25, 0.3) is 0 Å². The lowest BCUT2D eigenvalue weighted by atomic mass is 10.0. The molecule has 36 heavy (non-hydrogen) atoms. The van der Waals surface area contributed by atoms with Crippen molar-refractivity contribution in [2.75, 3.05) is 13.2 Å². The summed E-state index contributed by atoms with van der Waals surface area (Å²) in [6.07, 6.45) is 1.18. The SMILES string of the molecule is CCNC(=O)[C@H](Cc1ccccc1)N(Cc1ccc(Cl)c(Cl)c1)C(=O)CCCOc1ccc(C)cc1. The molecule has 5 nitrogen and oxygen atoms in total. The molecule has 1 atom stereocenters. The van der Waals surface area contributed by atoms with Crippen molar-refractivity contribution in [3.8, 4) is 5.75 Å². The number of ether oxygens (including phenoxy) is 1. The van der Waals surface area contributed by atoms with Crippen LogP contribution >= 0.6 is 23.2 Å². The Bertz CT molecular complexity index is 1140. The Labute approximate surface area is 223 Å². The number of benzene rings is 3. The lowest BCUT2D eigenvalue weighted by Gasteiger charge is -2.31. The summed E-state index contributed by atoms with van der Waals surface area (Å²) in [7, 11) is 0. The molecule has 3 aromatic rings. The fourth-order valence-electron chi connectivity index (χ4n) is 3.87. The molecule has 0 aliphatic carbocycles. The molecule has 0 aromatic heterocycles. The summed E-state index contributed by atoms with van der Waals surface area (Å²) in [6, 6.07) is 22.1. The predicted octanol–water partition coefficient (Wildman–Crippen LogP) is 6.24. The third-order valence-electron chi connectivity index (χ3n) is 5.78. The number of likely N-dealkylation sites (N-methyl/N-ethyl adjacent to an activating group) is 1. The van der Waals surface area contributed by atoms with Gasteiger partial charge in [0.1, 0.15) is 11.8 Å². The molecule has 0 saturated heterocycles. The molecular formula is C29H32Cl2N2O3. The largest absolute Gasteiger partial charge is 0.494 e. The van der Waals surface area contributed by atoms with E-state index in [1.165, 1.54) is 0 Å². The van der Waals surface area contributed by atoms with Gasteiger partial charge in [-0.05, 0) is 55.7 Å². The quantitative estimate of drug-likeness (QED) is 0.284. The molecule has 190 valence electrons. The van der Waals surface area contributed by atoms with E-state index in [1.54, 1.807) is 17.0 Å². The summed E-state index contributed by atoms with van der Waals surface area (Å²) in [5.41, 5.74) is 2.93. The van der Waals surface area contributed by atoms with Gasteiger partial charge in [-0.3, -0.25) is 9.59 Å². The molecule has 2 amide bonds. The number of nitrogens with zero attached hydrogens (tertiary/aromatic N) is 1. The maximum absolute atomic E-state index is 13.5. The van der Waals surface area contributed by atoms with Gasteiger partial charge < -0.3 is 15.0 Å². The first kappa shape index (κ1) is 27.6. The molecule has 1 N–H and O–H groups in total. The van der Waals surface area contributed by atoms with Crippen molar-refractivity contribution in [2.24, 2.45) is 0 Å². The first-order valence-corrected chi connectivity index (χ1v) is 12.9. The Kier molecular flexibility index (Phi) is 10.6. The second-order valence-corrected chi connectivity index (χ2v) is 9.45. The third-order valence-corrected chi connectivity index (χ3v) is 6.52. The van der Waals surface area contributed by atoms with Crippen molar-refractivity contribution in [1.29, 1.82) is 0 Å². The average Bonchev–Trinajstić information content (AvgIpc) is 2.87. The Morgan fingerprint density at radius 2 is 1.67 bits per heavy atom. The van der Waals surface area contributed by atoms with Crippen molar-refractivity contribution in [3.63, 3.8) is 0 Å². The van der Waals surface area contributed by atoms with Crippen LogP contribution in [0.25, 0.3) is 0 Å². The molecule has 0 unspecified atom stereocenters. The molecule has 0 spiro atoms. The fraction of sp³-hybridized carbons (Fsp3) is 0.310. The van der Waals surface area contributed by atoms with Gasteiger partial charge in [0, 0.05) is 25.9 Å². The molecule has 0 fully saturated rings. The van der Waals surface area contributed by atoms with Crippen molar-refractivity contribution in [1.82, 2.24) is 10.2 Å². The van der Waals surface area contributed by atoms with Crippen LogP contribution in [0.2, 0.25) is 10.0 Å². The number of hydrogen-bond donors (Lipinski definition) is 1. The first-order chi connectivity index (χ1) is 17.4. The van der Waals surface area contributed by atoms with Gasteiger partial charge in [0.15, 0.2) is 0 Å². The fourth-order valence-corrected chi connectivity index (χ4v) is 4.19. The Balaban J connectivity index is 1.78. The van der Waals surface area contributed by atoms with E-state index in [4.69, 9.17) is 27.9 Å². The monoisotopic (exact) mass is 526 g/mol. The van der Waals surface area contributed by atoms with E-state index in [9.17, 15) is 9.59 Å². The van der Waals surface area contributed by atoms with Crippen molar-refractivity contribution < 1.29 is 14.3 Å². The molecule has 0 radical (unpaired) electrons. The van der Waals surface area contributed by atoms with Crippen LogP contribution in [0.15, 0.2) is 72.8 Å². The standard InChI is InChI=1S/C29H32Cl2N2O3/c1-3-32-29(35)27(19-22-8-5-4-6-9-22)33(20-23-13-16-25(30)26(31)18-23)28(34)10-7-17-36-24-14-11-21(2)12-15-24/h4-6,8-9,11-16,18,27H,3,7,10,17,19-20H2,1-2H3,(H,32,35)/t27-/m0/s1. The summed E-state index contributed by atoms with van der Waals surface area (Å²) in [5.74, 6) is 0.455. The highest BCUT2D eigenvalue weighted by Gasteiger charge is 2.30. The summed E-state index contributed by atoms with van der Waals surface area (Å²) in [4.78, 5) is 28.3. The van der Waals surface area contributed by atoms with Crippen LogP contribution in [-0.4, -0.2) is 35.9 Å². The lowest BCUT2D eigenvalue weighted by molar-refractivity contribution is -0.141. The van der Waals surface area contributed by atoms with Gasteiger partial charge in [-0.25, -0.2) is 0 Å². The number of amides is 2. The van der Waals surface area contributed by atoms with Gasteiger partial charge >= 0.3 is 0 Å². The number of carbonyl (C=O) groups excluding carboxylic acids is 2. The van der Waals surface area contributed by atoms with Crippen LogP contribution in [0, 0.1) is 6.92 Å². The molecule has 7 heteroatoms. The number of halogens is 2. The maximum Gasteiger partial charge on any atom is 0.243 e. The van der Waals surface area contributed by atoms with E-state index in [1.807, 2.05) is 74.5 Å². The summed E-state index contributed by atoms with van der Waals surface area (Å²) in [6.45, 7) is 5.00. The summed E-state index contributed by atoms with van der Waals surface area (Å²) in [5, 5.41) is 3.74. The Morgan fingerprint density at radius 3 is 2.33 bits per heavy atom. The average molecular weight is 527 g/mol. The van der Waals surface area contributed by atoms with Crippen LogP contribution in [0.1, 0.15) is 36.5 Å². The highest BCUT2D eigenvalue weighted by atomic mass is 35.5. The van der Waals surface area contributed by atoms with Gasteiger partial charge in [-0.1, -0.05) is 77.3 Å². The zero-order chi connectivity index (χ0) is 25.9. The number of hydrogen-bond acceptors (Lipinski definition) is 3. The lowest BCUT2D eigenvalue weighted by Crippen LogP contribution is -2.50. The second kappa shape index (κ2) is 13.9. The van der Waals surface area contributed by atoms with E-state index in [-0.39, 0.29) is 24.8 Å². The molecule has 0 saturated carbocycles. The third kappa shape index (κ3) is 8.28. The molecular weight excluding hydrogens is 495 g/mol. The highest BCUT2D eigenvalue weighted by molar-refractivity contribution is 6.42. The molecule has 3 rings (SSSR count). The molecule has 3 aromatic carbocycles. The van der Waals surface area contributed by atoms with Crippen LogP contribution in [0.4, 0.5) is 0 Å². The zero-order valence-corrected chi connectivity index (χ0v) is 22.2. The van der Waals surface area contributed by atoms with Gasteiger partial charge in [-0.15, -0.1) is 0 Å². The first-order valence-electron chi connectivity index (χ1n) is 12.1. The van der Waals surface area contributed by atoms with E-state index < -0.39 is 6.04 Å². The van der Waals surface area contributed by atoms with Gasteiger partial charge in [-0.2, -0.15) is 0 Å². The van der Waals surface area contributed by atoms with E-state index in [0.29, 0.717) is 36.0 Å². The second-order valence-electron chi connectivity index (χ2n) is 8.64. The Hall–Kier alpha value is -3.02. The van der Waals surface area contributed by atoms with Crippen LogP contribution < -0.4 is 10.1 Å². The van der Waals surface area contributed by atoms with E-state index in [2.05, 4.69) is 5.32 Å². The van der Waals surface area contributed by atoms with Crippen molar-refractivity contribution >= 4 is 35.0 Å². The van der Waals surface area contributed by atoms with Gasteiger partial charge in [0.05, 0.1) is 16.7 Å². The molecule has 0 aliphatic rings. The number of rotatable bonds is 12. The van der Waals surface area contributed by atoms with Crippen molar-refractivity contribution in [3.05, 3.63) is 99.5 Å². The number of aryl methyl sites for hydroxylation is 1. The molecule has 0 heterocycles.